The van der Waals surface area contributed by atoms with Gasteiger partial charge in [0.1, 0.15) is 11.6 Å². The van der Waals surface area contributed by atoms with Gasteiger partial charge in [0.05, 0.1) is 0 Å². The molecule has 0 saturated heterocycles. The Labute approximate surface area is 84.3 Å². The minimum Gasteiger partial charge on any atom is -0.468 e. The molecule has 4 nitrogen and oxygen atoms in total. The van der Waals surface area contributed by atoms with Crippen molar-refractivity contribution in [1.82, 2.24) is 9.97 Å². The van der Waals surface area contributed by atoms with Gasteiger partial charge < -0.3 is 10.5 Å². The zero-order valence-corrected chi connectivity index (χ0v) is 8.01. The van der Waals surface area contributed by atoms with Gasteiger partial charge in [0.2, 0.25) is 5.88 Å². The second-order valence-corrected chi connectivity index (χ2v) is 2.80. The Hall–Kier alpha value is -1.53. The van der Waals surface area contributed by atoms with E-state index in [0.29, 0.717) is 12.2 Å². The summed E-state index contributed by atoms with van der Waals surface area (Å²) in [6, 6.07) is 1.16. The third-order valence-electron chi connectivity index (χ3n) is 1.47. The number of alkyl halides is 3. The molecule has 0 amide bonds. The van der Waals surface area contributed by atoms with E-state index in [2.05, 4.69) is 14.7 Å². The Bertz CT molecular complexity index is 340. The Morgan fingerprint density at radius 2 is 2.07 bits per heavy atom. The lowest BCUT2D eigenvalue weighted by Crippen LogP contribution is -2.20. The molecule has 1 aromatic rings. The lowest BCUT2D eigenvalue weighted by molar-refractivity contribution is -0.154. The van der Waals surface area contributed by atoms with Crippen LogP contribution in [-0.2, 0) is 6.42 Å². The predicted octanol–water partition coefficient (Wildman–Crippen LogP) is 1.56. The van der Waals surface area contributed by atoms with E-state index in [-0.39, 0.29) is 11.7 Å². The molecule has 0 aliphatic carbocycles. The number of halogens is 3. The summed E-state index contributed by atoms with van der Waals surface area (Å²) >= 11 is 0. The van der Waals surface area contributed by atoms with E-state index in [1.807, 2.05) is 0 Å². The molecule has 0 unspecified atom stereocenters. The highest BCUT2D eigenvalue weighted by Gasteiger charge is 2.28. The largest absolute Gasteiger partial charge is 0.468 e. The van der Waals surface area contributed by atoms with Gasteiger partial charge in [-0.2, -0.15) is 18.2 Å². The summed E-state index contributed by atoms with van der Waals surface area (Å²) in [5, 5.41) is 0. The Morgan fingerprint density at radius 1 is 1.40 bits per heavy atom. The fraction of sp³-hybridized carbons (Fsp3) is 0.500. The van der Waals surface area contributed by atoms with E-state index >= 15 is 0 Å². The van der Waals surface area contributed by atoms with E-state index in [0.717, 1.165) is 6.07 Å². The molecule has 0 saturated carbocycles. The number of hydrogen-bond acceptors (Lipinski definition) is 4. The van der Waals surface area contributed by atoms with Gasteiger partial charge in [-0.3, -0.25) is 0 Å². The van der Waals surface area contributed by atoms with Crippen molar-refractivity contribution >= 4 is 5.82 Å². The zero-order valence-electron chi connectivity index (χ0n) is 8.01. The maximum Gasteiger partial charge on any atom is 0.422 e. The highest BCUT2D eigenvalue weighted by atomic mass is 19.4. The van der Waals surface area contributed by atoms with Crippen LogP contribution in [0.25, 0.3) is 0 Å². The first-order chi connectivity index (χ1) is 6.90. The molecule has 2 N–H and O–H groups in total. The first kappa shape index (κ1) is 11.5. The maximum absolute atomic E-state index is 11.8. The van der Waals surface area contributed by atoms with Crippen molar-refractivity contribution in [3.05, 3.63) is 11.9 Å². The number of nitrogen functional groups attached to an aromatic ring is 1. The molecule has 0 aromatic carbocycles. The Balaban J connectivity index is 2.73. The topological polar surface area (TPSA) is 61.0 Å². The lowest BCUT2D eigenvalue weighted by atomic mass is 10.4. The van der Waals surface area contributed by atoms with Gasteiger partial charge in [0, 0.05) is 12.5 Å². The summed E-state index contributed by atoms with van der Waals surface area (Å²) in [4.78, 5) is 7.54. The third kappa shape index (κ3) is 4.01. The predicted molar refractivity (Wildman–Crippen MR) is 47.4 cm³/mol. The number of ether oxygens (including phenoxy) is 1. The number of aryl methyl sites for hydroxylation is 1. The summed E-state index contributed by atoms with van der Waals surface area (Å²) < 4.78 is 39.9. The van der Waals surface area contributed by atoms with Crippen LogP contribution in [0.4, 0.5) is 19.0 Å². The van der Waals surface area contributed by atoms with Crippen molar-refractivity contribution in [2.75, 3.05) is 12.3 Å². The molecule has 0 aliphatic heterocycles. The SMILES string of the molecule is CCc1nc(N)cc(OCC(F)(F)F)n1. The van der Waals surface area contributed by atoms with Gasteiger partial charge in [0.25, 0.3) is 0 Å². The van der Waals surface area contributed by atoms with Gasteiger partial charge in [-0.05, 0) is 0 Å². The normalized spacial score (nSPS) is 11.5. The molecule has 0 bridgehead atoms. The van der Waals surface area contributed by atoms with Gasteiger partial charge in [-0.15, -0.1) is 0 Å². The van der Waals surface area contributed by atoms with Crippen LogP contribution in [0.15, 0.2) is 6.07 Å². The molecule has 7 heteroatoms. The zero-order chi connectivity index (χ0) is 11.5. The number of aromatic nitrogens is 2. The quantitative estimate of drug-likeness (QED) is 0.841. The van der Waals surface area contributed by atoms with E-state index in [1.54, 1.807) is 6.92 Å². The molecule has 1 heterocycles. The number of hydrogen-bond donors (Lipinski definition) is 1. The van der Waals surface area contributed by atoms with Crippen molar-refractivity contribution in [3.63, 3.8) is 0 Å². The second kappa shape index (κ2) is 4.33. The average molecular weight is 221 g/mol. The van der Waals surface area contributed by atoms with Crippen molar-refractivity contribution in [2.24, 2.45) is 0 Å². The van der Waals surface area contributed by atoms with Crippen LogP contribution >= 0.6 is 0 Å². The third-order valence-corrected chi connectivity index (χ3v) is 1.47. The van der Waals surface area contributed by atoms with Gasteiger partial charge in [-0.1, -0.05) is 6.92 Å². The molecule has 0 radical (unpaired) electrons. The smallest absolute Gasteiger partial charge is 0.422 e. The molecule has 0 atom stereocenters. The fourth-order valence-corrected chi connectivity index (χ4v) is 0.880. The van der Waals surface area contributed by atoms with E-state index in [4.69, 9.17) is 5.73 Å². The highest BCUT2D eigenvalue weighted by molar-refractivity contribution is 5.32. The van der Waals surface area contributed by atoms with Crippen molar-refractivity contribution in [3.8, 4) is 5.88 Å². The van der Waals surface area contributed by atoms with Gasteiger partial charge in [-0.25, -0.2) is 4.98 Å². The summed E-state index contributed by atoms with van der Waals surface area (Å²) in [5.74, 6) is 0.294. The van der Waals surface area contributed by atoms with Crippen LogP contribution in [0, 0.1) is 0 Å². The molecular weight excluding hydrogens is 211 g/mol. The first-order valence-corrected chi connectivity index (χ1v) is 4.23. The molecular formula is C8H10F3N3O. The van der Waals surface area contributed by atoms with Crippen LogP contribution < -0.4 is 10.5 Å². The minimum atomic E-state index is -4.38. The lowest BCUT2D eigenvalue weighted by Gasteiger charge is -2.09. The van der Waals surface area contributed by atoms with Crippen LogP contribution in [0.2, 0.25) is 0 Å². The Morgan fingerprint density at radius 3 is 2.60 bits per heavy atom. The number of nitrogens with two attached hydrogens (primary N) is 1. The van der Waals surface area contributed by atoms with Crippen LogP contribution in [0.5, 0.6) is 5.88 Å². The Kier molecular flexibility index (Phi) is 3.33. The molecule has 84 valence electrons. The summed E-state index contributed by atoms with van der Waals surface area (Å²) in [7, 11) is 0. The van der Waals surface area contributed by atoms with Crippen LogP contribution in [0.1, 0.15) is 12.7 Å². The van der Waals surface area contributed by atoms with E-state index in [1.165, 1.54) is 0 Å². The van der Waals surface area contributed by atoms with Crippen molar-refractivity contribution in [2.45, 2.75) is 19.5 Å². The fourth-order valence-electron chi connectivity index (χ4n) is 0.880. The molecule has 15 heavy (non-hydrogen) atoms. The summed E-state index contributed by atoms with van der Waals surface area (Å²) in [6.45, 7) is 0.384. The molecule has 0 spiro atoms. The molecule has 1 aromatic heterocycles. The van der Waals surface area contributed by atoms with Crippen LogP contribution in [-0.4, -0.2) is 22.8 Å². The highest BCUT2D eigenvalue weighted by Crippen LogP contribution is 2.18. The number of rotatable bonds is 3. The molecule has 0 fully saturated rings. The second-order valence-electron chi connectivity index (χ2n) is 2.80. The monoisotopic (exact) mass is 221 g/mol. The number of anilines is 1. The molecule has 0 aliphatic rings. The van der Waals surface area contributed by atoms with Gasteiger partial charge in [0.15, 0.2) is 6.61 Å². The van der Waals surface area contributed by atoms with Crippen LogP contribution in [0.3, 0.4) is 0 Å². The average Bonchev–Trinajstić information content (AvgIpc) is 2.13. The minimum absolute atomic E-state index is 0.0963. The molecule has 1 rings (SSSR count). The van der Waals surface area contributed by atoms with E-state index in [9.17, 15) is 13.2 Å². The number of nitrogens with zero attached hydrogens (tertiary/aromatic N) is 2. The van der Waals surface area contributed by atoms with Crippen molar-refractivity contribution in [1.29, 1.82) is 0 Å². The first-order valence-electron chi connectivity index (χ1n) is 4.23. The summed E-state index contributed by atoms with van der Waals surface area (Å²) in [5.41, 5.74) is 5.36. The van der Waals surface area contributed by atoms with Crippen molar-refractivity contribution < 1.29 is 17.9 Å². The maximum atomic E-state index is 11.8. The standard InChI is InChI=1S/C8H10F3N3O/c1-2-6-13-5(12)3-7(14-6)15-4-8(9,10)11/h3H,2,4H2,1H3,(H2,12,13,14). The van der Waals surface area contributed by atoms with E-state index < -0.39 is 12.8 Å². The summed E-state index contributed by atoms with van der Waals surface area (Å²) in [6.07, 6.45) is -3.90. The van der Waals surface area contributed by atoms with Gasteiger partial charge >= 0.3 is 6.18 Å².